The molecule has 0 aromatic heterocycles. The van der Waals surface area contributed by atoms with E-state index in [-0.39, 0.29) is 31.1 Å². The summed E-state index contributed by atoms with van der Waals surface area (Å²) in [6.45, 7) is 6.69. The van der Waals surface area contributed by atoms with Crippen LogP contribution in [0, 0.1) is 0 Å². The van der Waals surface area contributed by atoms with Crippen molar-refractivity contribution in [1.29, 1.82) is 0 Å². The van der Waals surface area contributed by atoms with E-state index in [1.54, 1.807) is 0 Å². The molecule has 0 spiro atoms. The van der Waals surface area contributed by atoms with Crippen molar-refractivity contribution in [3.63, 3.8) is 0 Å². The van der Waals surface area contributed by atoms with E-state index in [9.17, 15) is 14.4 Å². The first-order chi connectivity index (χ1) is 39.5. The average molecular weight is 1120 g/mol. The molecule has 0 bridgehead atoms. The molecule has 1 atom stereocenters. The highest BCUT2D eigenvalue weighted by Gasteiger charge is 2.19. The molecule has 6 nitrogen and oxygen atoms in total. The first-order valence-electron chi connectivity index (χ1n) is 36.0. The number of esters is 3. The molecule has 0 N–H and O–H groups in total. The van der Waals surface area contributed by atoms with Crippen LogP contribution < -0.4 is 0 Å². The standard InChI is InChI=1S/C74H138O6/c1-4-7-10-13-16-19-22-24-26-28-30-32-34-36-37-39-40-42-44-46-48-50-52-55-58-61-64-67-73(76)79-70-71(69-78-72(75)66-63-60-57-54-21-18-15-12-9-6-3)80-74(77)68-65-62-59-56-53-51-49-47-45-43-41-38-35-33-31-29-27-25-23-20-17-14-11-8-5-2/h22,24,28,30,34,36,71H,4-21,23,25-27,29,31-33,35,37-70H2,1-3H3/b24-22-,30-28-,36-34-. The molecule has 0 amide bonds. The summed E-state index contributed by atoms with van der Waals surface area (Å²) in [6, 6.07) is 0. The van der Waals surface area contributed by atoms with Crippen LogP contribution in [-0.4, -0.2) is 37.2 Å². The summed E-state index contributed by atoms with van der Waals surface area (Å²) >= 11 is 0. The van der Waals surface area contributed by atoms with Gasteiger partial charge < -0.3 is 14.2 Å². The zero-order valence-electron chi connectivity index (χ0n) is 54.1. The van der Waals surface area contributed by atoms with Gasteiger partial charge in [0.15, 0.2) is 6.10 Å². The molecule has 80 heavy (non-hydrogen) atoms. The van der Waals surface area contributed by atoms with Crippen molar-refractivity contribution in [3.8, 4) is 0 Å². The molecule has 0 aliphatic rings. The third-order valence-corrected chi connectivity index (χ3v) is 16.4. The van der Waals surface area contributed by atoms with Gasteiger partial charge >= 0.3 is 17.9 Å². The van der Waals surface area contributed by atoms with Gasteiger partial charge in [-0.05, 0) is 57.8 Å². The quantitative estimate of drug-likeness (QED) is 0.0261. The van der Waals surface area contributed by atoms with Crippen molar-refractivity contribution in [1.82, 2.24) is 0 Å². The number of carbonyl (C=O) groups excluding carboxylic acids is 3. The third-order valence-electron chi connectivity index (χ3n) is 16.4. The molecule has 0 aromatic carbocycles. The van der Waals surface area contributed by atoms with Crippen LogP contribution in [0.1, 0.15) is 400 Å². The number of ether oxygens (including phenoxy) is 3. The first-order valence-corrected chi connectivity index (χ1v) is 36.0. The Hall–Kier alpha value is -2.37. The highest BCUT2D eigenvalue weighted by molar-refractivity contribution is 5.71. The molecular formula is C74H138O6. The molecule has 0 heterocycles. The maximum Gasteiger partial charge on any atom is 0.306 e. The fourth-order valence-corrected chi connectivity index (χ4v) is 11.0. The van der Waals surface area contributed by atoms with Crippen molar-refractivity contribution < 1.29 is 28.6 Å². The highest BCUT2D eigenvalue weighted by atomic mass is 16.6. The number of hydrogen-bond donors (Lipinski definition) is 0. The lowest BCUT2D eigenvalue weighted by Gasteiger charge is -2.18. The Balaban J connectivity index is 4.14. The summed E-state index contributed by atoms with van der Waals surface area (Å²) in [5, 5.41) is 0. The second-order valence-corrected chi connectivity index (χ2v) is 24.5. The Morgan fingerprint density at radius 2 is 0.450 bits per heavy atom. The van der Waals surface area contributed by atoms with E-state index in [1.807, 2.05) is 0 Å². The van der Waals surface area contributed by atoms with Crippen LogP contribution in [0.3, 0.4) is 0 Å². The SMILES string of the molecule is CCCCCCC/C=C\C/C=C\C/C=C\CCCCCCCCCCCCCCC(=O)OCC(COC(=O)CCCCCCCCCCCC)OC(=O)CCCCCCCCCCCCCCCCCCCCCCCCCCC. The smallest absolute Gasteiger partial charge is 0.306 e. The molecular weight excluding hydrogens is 985 g/mol. The minimum atomic E-state index is -0.769. The summed E-state index contributed by atoms with van der Waals surface area (Å²) in [6.07, 6.45) is 86.2. The lowest BCUT2D eigenvalue weighted by atomic mass is 10.0. The normalized spacial score (nSPS) is 12.2. The predicted molar refractivity (Wildman–Crippen MR) is 349 cm³/mol. The fourth-order valence-electron chi connectivity index (χ4n) is 11.0. The lowest BCUT2D eigenvalue weighted by molar-refractivity contribution is -0.167. The lowest BCUT2D eigenvalue weighted by Crippen LogP contribution is -2.30. The van der Waals surface area contributed by atoms with E-state index in [1.165, 1.54) is 289 Å². The van der Waals surface area contributed by atoms with Crippen LogP contribution in [0.25, 0.3) is 0 Å². The van der Waals surface area contributed by atoms with Crippen molar-refractivity contribution in [2.24, 2.45) is 0 Å². The van der Waals surface area contributed by atoms with Gasteiger partial charge in [-0.2, -0.15) is 0 Å². The molecule has 0 aliphatic heterocycles. The van der Waals surface area contributed by atoms with Crippen LogP contribution in [0.4, 0.5) is 0 Å². The third kappa shape index (κ3) is 66.4. The minimum absolute atomic E-state index is 0.0665. The zero-order chi connectivity index (χ0) is 57.8. The molecule has 0 rings (SSSR count). The first kappa shape index (κ1) is 77.6. The van der Waals surface area contributed by atoms with Crippen LogP contribution in [-0.2, 0) is 28.6 Å². The molecule has 0 saturated carbocycles. The fraction of sp³-hybridized carbons (Fsp3) is 0.878. The van der Waals surface area contributed by atoms with Gasteiger partial charge in [0.05, 0.1) is 0 Å². The summed E-state index contributed by atoms with van der Waals surface area (Å²) in [7, 11) is 0. The van der Waals surface area contributed by atoms with Gasteiger partial charge in [0.25, 0.3) is 0 Å². The van der Waals surface area contributed by atoms with Crippen molar-refractivity contribution in [3.05, 3.63) is 36.5 Å². The van der Waals surface area contributed by atoms with E-state index in [0.717, 1.165) is 70.6 Å². The van der Waals surface area contributed by atoms with E-state index in [0.29, 0.717) is 19.3 Å². The second-order valence-electron chi connectivity index (χ2n) is 24.5. The number of unbranched alkanes of at least 4 members (excludes halogenated alkanes) is 50. The summed E-state index contributed by atoms with van der Waals surface area (Å²) in [5.41, 5.74) is 0. The van der Waals surface area contributed by atoms with E-state index < -0.39 is 6.10 Å². The van der Waals surface area contributed by atoms with E-state index in [4.69, 9.17) is 14.2 Å². The molecule has 0 aliphatic carbocycles. The van der Waals surface area contributed by atoms with Crippen molar-refractivity contribution >= 4 is 17.9 Å². The molecule has 470 valence electrons. The molecule has 0 saturated heterocycles. The average Bonchev–Trinajstić information content (AvgIpc) is 3.46. The zero-order valence-corrected chi connectivity index (χ0v) is 54.1. The van der Waals surface area contributed by atoms with Gasteiger partial charge in [0, 0.05) is 19.3 Å². The van der Waals surface area contributed by atoms with Gasteiger partial charge in [-0.3, -0.25) is 14.4 Å². The van der Waals surface area contributed by atoms with Crippen molar-refractivity contribution in [2.45, 2.75) is 406 Å². The molecule has 0 aromatic rings. The Morgan fingerprint density at radius 3 is 0.700 bits per heavy atom. The maximum absolute atomic E-state index is 12.9. The van der Waals surface area contributed by atoms with Crippen molar-refractivity contribution in [2.75, 3.05) is 13.2 Å². The number of carbonyl (C=O) groups is 3. The maximum atomic E-state index is 12.9. The van der Waals surface area contributed by atoms with Gasteiger partial charge in [0.1, 0.15) is 13.2 Å². The molecule has 1 unspecified atom stereocenters. The largest absolute Gasteiger partial charge is 0.462 e. The van der Waals surface area contributed by atoms with Gasteiger partial charge in [0.2, 0.25) is 0 Å². The minimum Gasteiger partial charge on any atom is -0.462 e. The second kappa shape index (κ2) is 69.1. The molecule has 6 heteroatoms. The van der Waals surface area contributed by atoms with E-state index >= 15 is 0 Å². The molecule has 0 radical (unpaired) electrons. The van der Waals surface area contributed by atoms with Crippen LogP contribution in [0.2, 0.25) is 0 Å². The van der Waals surface area contributed by atoms with E-state index in [2.05, 4.69) is 57.2 Å². The Bertz CT molecular complexity index is 1340. The number of allylic oxidation sites excluding steroid dienone is 6. The van der Waals surface area contributed by atoms with Crippen LogP contribution >= 0.6 is 0 Å². The van der Waals surface area contributed by atoms with Gasteiger partial charge in [-0.25, -0.2) is 0 Å². The monoisotopic (exact) mass is 1120 g/mol. The Labute approximate surface area is 499 Å². The summed E-state index contributed by atoms with van der Waals surface area (Å²) in [5.74, 6) is -0.841. The number of hydrogen-bond acceptors (Lipinski definition) is 6. The Kier molecular flexibility index (Phi) is 67.1. The highest BCUT2D eigenvalue weighted by Crippen LogP contribution is 2.19. The Morgan fingerprint density at radius 1 is 0.250 bits per heavy atom. The molecule has 0 fully saturated rings. The number of rotatable bonds is 67. The van der Waals surface area contributed by atoms with Crippen LogP contribution in [0.5, 0.6) is 0 Å². The topological polar surface area (TPSA) is 78.9 Å². The summed E-state index contributed by atoms with van der Waals surface area (Å²) < 4.78 is 17.0. The summed E-state index contributed by atoms with van der Waals surface area (Å²) in [4.78, 5) is 38.3. The predicted octanol–water partition coefficient (Wildman–Crippen LogP) is 24.7. The van der Waals surface area contributed by atoms with Crippen LogP contribution in [0.15, 0.2) is 36.5 Å². The van der Waals surface area contributed by atoms with Gasteiger partial charge in [-0.1, -0.05) is 359 Å². The van der Waals surface area contributed by atoms with Gasteiger partial charge in [-0.15, -0.1) is 0 Å².